The fraction of sp³-hybridized carbons (Fsp3) is 0.154. The summed E-state index contributed by atoms with van der Waals surface area (Å²) in [7, 11) is 0. The van der Waals surface area contributed by atoms with Crippen molar-refractivity contribution in [2.24, 2.45) is 5.10 Å². The van der Waals surface area contributed by atoms with Gasteiger partial charge in [-0.25, -0.2) is 5.43 Å². The van der Waals surface area contributed by atoms with Crippen molar-refractivity contribution in [3.63, 3.8) is 0 Å². The van der Waals surface area contributed by atoms with Crippen LogP contribution < -0.4 is 14.9 Å². The highest BCUT2D eigenvalue weighted by atomic mass is 127. The number of nitrogens with one attached hydrogen (secondary N) is 1. The monoisotopic (exact) mass is 680 g/mol. The molecule has 0 saturated carbocycles. The van der Waals surface area contributed by atoms with E-state index in [1.54, 1.807) is 18.3 Å². The molecule has 0 fully saturated rings. The van der Waals surface area contributed by atoms with Crippen LogP contribution in [0.3, 0.4) is 0 Å². The van der Waals surface area contributed by atoms with Gasteiger partial charge in [0.05, 0.1) is 20.0 Å². The quantitative estimate of drug-likeness (QED) is 0.128. The summed E-state index contributed by atoms with van der Waals surface area (Å²) in [6, 6.07) is 19.3. The lowest BCUT2D eigenvalue weighted by molar-refractivity contribution is 0.0929. The normalized spacial score (nSPS) is 11.2. The zero-order valence-electron chi connectivity index (χ0n) is 18.6. The number of carbonyl (C=O) groups excluding carboxylic acids is 1. The van der Waals surface area contributed by atoms with Gasteiger partial charge in [-0.05, 0) is 107 Å². The molecule has 174 valence electrons. The number of fused-ring (bicyclic) bond motifs is 1. The Morgan fingerprint density at radius 3 is 2.47 bits per heavy atom. The molecule has 1 heterocycles. The van der Waals surface area contributed by atoms with Gasteiger partial charge < -0.3 is 13.9 Å². The number of furan rings is 1. The van der Waals surface area contributed by atoms with Gasteiger partial charge in [-0.1, -0.05) is 29.8 Å². The summed E-state index contributed by atoms with van der Waals surface area (Å²) < 4.78 is 19.1. The number of aryl methyl sites for hydroxylation is 1. The molecule has 0 aliphatic heterocycles. The van der Waals surface area contributed by atoms with Crippen LogP contribution in [0.15, 0.2) is 70.2 Å². The molecular formula is C26H22I2N2O4. The van der Waals surface area contributed by atoms with Crippen molar-refractivity contribution in [1.82, 2.24) is 5.43 Å². The van der Waals surface area contributed by atoms with E-state index in [4.69, 9.17) is 13.9 Å². The van der Waals surface area contributed by atoms with Crippen LogP contribution in [0.25, 0.3) is 11.0 Å². The van der Waals surface area contributed by atoms with Gasteiger partial charge >= 0.3 is 5.91 Å². The highest BCUT2D eigenvalue weighted by molar-refractivity contribution is 14.1. The van der Waals surface area contributed by atoms with Crippen molar-refractivity contribution in [3.05, 3.63) is 90.3 Å². The Morgan fingerprint density at radius 1 is 1.03 bits per heavy atom. The van der Waals surface area contributed by atoms with Crippen LogP contribution in [0.5, 0.6) is 11.5 Å². The second-order valence-electron chi connectivity index (χ2n) is 7.53. The second kappa shape index (κ2) is 11.2. The standard InChI is InChI=1S/C26H22I2N2O4/c1-3-32-20-8-9-23-19(12-20)13-24(34-23)26(31)30-29-14-18-10-21(27)25(22(28)11-18)33-15-17-6-4-16(2)5-7-17/h4-14H,3,15H2,1-2H3,(H,30,31)/b29-14+. The molecule has 4 rings (SSSR count). The minimum atomic E-state index is -0.423. The summed E-state index contributed by atoms with van der Waals surface area (Å²) in [6.45, 7) is 5.06. The molecule has 34 heavy (non-hydrogen) atoms. The Bertz CT molecular complexity index is 1320. The van der Waals surface area contributed by atoms with Crippen molar-refractivity contribution in [2.45, 2.75) is 20.5 Å². The fourth-order valence-corrected chi connectivity index (χ4v) is 5.37. The topological polar surface area (TPSA) is 73.1 Å². The van der Waals surface area contributed by atoms with E-state index in [2.05, 4.69) is 86.9 Å². The molecule has 0 radical (unpaired) electrons. The van der Waals surface area contributed by atoms with E-state index >= 15 is 0 Å². The number of hydrazone groups is 1. The predicted molar refractivity (Wildman–Crippen MR) is 150 cm³/mol. The molecule has 1 amide bonds. The summed E-state index contributed by atoms with van der Waals surface area (Å²) in [5, 5.41) is 4.89. The Kier molecular flexibility index (Phi) is 8.09. The summed E-state index contributed by atoms with van der Waals surface area (Å²) in [5.41, 5.74) is 6.32. The van der Waals surface area contributed by atoms with E-state index in [0.717, 1.165) is 35.2 Å². The summed E-state index contributed by atoms with van der Waals surface area (Å²) in [5.74, 6) is 1.32. The molecule has 3 aromatic carbocycles. The third-order valence-electron chi connectivity index (χ3n) is 4.93. The predicted octanol–water partition coefficient (Wildman–Crippen LogP) is 6.69. The van der Waals surface area contributed by atoms with Gasteiger partial charge in [0.1, 0.15) is 23.7 Å². The van der Waals surface area contributed by atoms with Crippen molar-refractivity contribution in [2.75, 3.05) is 6.61 Å². The zero-order chi connectivity index (χ0) is 24.1. The van der Waals surface area contributed by atoms with Gasteiger partial charge in [0, 0.05) is 5.39 Å². The first kappa shape index (κ1) is 24.5. The Balaban J connectivity index is 1.39. The average Bonchev–Trinajstić information content (AvgIpc) is 3.23. The van der Waals surface area contributed by atoms with E-state index in [-0.39, 0.29) is 5.76 Å². The Morgan fingerprint density at radius 2 is 1.76 bits per heavy atom. The van der Waals surface area contributed by atoms with E-state index in [9.17, 15) is 4.79 Å². The van der Waals surface area contributed by atoms with Crippen LogP contribution in [0.4, 0.5) is 0 Å². The highest BCUT2D eigenvalue weighted by Gasteiger charge is 2.13. The molecule has 0 aliphatic carbocycles. The van der Waals surface area contributed by atoms with Crippen molar-refractivity contribution >= 4 is 68.3 Å². The summed E-state index contributed by atoms with van der Waals surface area (Å²) >= 11 is 4.49. The van der Waals surface area contributed by atoms with Crippen molar-refractivity contribution < 1.29 is 18.7 Å². The maximum absolute atomic E-state index is 12.5. The minimum absolute atomic E-state index is 0.185. The number of ether oxygens (including phenoxy) is 2. The zero-order valence-corrected chi connectivity index (χ0v) is 22.9. The number of rotatable bonds is 8. The molecular weight excluding hydrogens is 658 g/mol. The molecule has 6 nitrogen and oxygen atoms in total. The first-order valence-electron chi connectivity index (χ1n) is 10.6. The number of carbonyl (C=O) groups is 1. The lowest BCUT2D eigenvalue weighted by Crippen LogP contribution is -2.16. The van der Waals surface area contributed by atoms with Crippen LogP contribution in [0.2, 0.25) is 0 Å². The lowest BCUT2D eigenvalue weighted by Gasteiger charge is -2.11. The smallest absolute Gasteiger partial charge is 0.307 e. The first-order valence-corrected chi connectivity index (χ1v) is 12.8. The van der Waals surface area contributed by atoms with Crippen LogP contribution in [0, 0.1) is 14.1 Å². The number of nitrogens with zero attached hydrogens (tertiary/aromatic N) is 1. The van der Waals surface area contributed by atoms with Crippen molar-refractivity contribution in [3.8, 4) is 11.5 Å². The highest BCUT2D eigenvalue weighted by Crippen LogP contribution is 2.29. The Hall–Kier alpha value is -2.60. The van der Waals surface area contributed by atoms with Crippen LogP contribution in [0.1, 0.15) is 34.2 Å². The Labute approximate surface area is 225 Å². The second-order valence-corrected chi connectivity index (χ2v) is 9.85. The van der Waals surface area contributed by atoms with Crippen LogP contribution in [-0.4, -0.2) is 18.7 Å². The van der Waals surface area contributed by atoms with E-state index in [0.29, 0.717) is 18.8 Å². The number of benzene rings is 3. The summed E-state index contributed by atoms with van der Waals surface area (Å²) in [4.78, 5) is 12.5. The fourth-order valence-electron chi connectivity index (χ4n) is 3.24. The molecule has 1 aromatic heterocycles. The van der Waals surface area contributed by atoms with Crippen LogP contribution in [-0.2, 0) is 6.61 Å². The third-order valence-corrected chi connectivity index (χ3v) is 6.53. The molecule has 0 spiro atoms. The van der Waals surface area contributed by atoms with E-state index in [1.807, 2.05) is 31.2 Å². The number of hydrogen-bond acceptors (Lipinski definition) is 5. The first-order chi connectivity index (χ1) is 16.4. The van der Waals surface area contributed by atoms with Gasteiger partial charge in [-0.15, -0.1) is 0 Å². The molecule has 0 saturated heterocycles. The van der Waals surface area contributed by atoms with Gasteiger partial charge in [-0.2, -0.15) is 5.10 Å². The number of amides is 1. The maximum Gasteiger partial charge on any atom is 0.307 e. The lowest BCUT2D eigenvalue weighted by atomic mass is 10.2. The van der Waals surface area contributed by atoms with E-state index in [1.165, 1.54) is 5.56 Å². The molecule has 0 atom stereocenters. The molecule has 8 heteroatoms. The molecule has 0 bridgehead atoms. The molecule has 0 unspecified atom stereocenters. The average molecular weight is 680 g/mol. The molecule has 1 N–H and O–H groups in total. The molecule has 4 aromatic rings. The third kappa shape index (κ3) is 6.09. The van der Waals surface area contributed by atoms with E-state index < -0.39 is 5.91 Å². The van der Waals surface area contributed by atoms with Gasteiger partial charge in [-0.3, -0.25) is 4.79 Å². The van der Waals surface area contributed by atoms with Gasteiger partial charge in [0.15, 0.2) is 5.76 Å². The number of halogens is 2. The summed E-state index contributed by atoms with van der Waals surface area (Å²) in [6.07, 6.45) is 1.60. The minimum Gasteiger partial charge on any atom is -0.494 e. The SMILES string of the molecule is CCOc1ccc2oc(C(=O)N/N=C/c3cc(I)c(OCc4ccc(C)cc4)c(I)c3)cc2c1. The largest absolute Gasteiger partial charge is 0.494 e. The van der Waals surface area contributed by atoms with Crippen molar-refractivity contribution in [1.29, 1.82) is 0 Å². The number of hydrogen-bond donors (Lipinski definition) is 1. The molecule has 0 aliphatic rings. The maximum atomic E-state index is 12.5. The van der Waals surface area contributed by atoms with Crippen LogP contribution >= 0.6 is 45.2 Å². The van der Waals surface area contributed by atoms with Gasteiger partial charge in [0.25, 0.3) is 0 Å². The van der Waals surface area contributed by atoms with Gasteiger partial charge in [0.2, 0.25) is 0 Å².